The first-order valence-electron chi connectivity index (χ1n) is 7.87. The van der Waals surface area contributed by atoms with Crippen LogP contribution in [0.4, 0.5) is 0 Å². The van der Waals surface area contributed by atoms with Crippen LogP contribution in [0.15, 0.2) is 30.3 Å². The van der Waals surface area contributed by atoms with E-state index in [1.54, 1.807) is 42.1 Å². The molecule has 1 aromatic carbocycles. The van der Waals surface area contributed by atoms with Gasteiger partial charge in [-0.15, -0.1) is 0 Å². The van der Waals surface area contributed by atoms with Crippen molar-refractivity contribution in [3.63, 3.8) is 0 Å². The molecule has 6 nitrogen and oxygen atoms in total. The van der Waals surface area contributed by atoms with Crippen molar-refractivity contribution in [3.05, 3.63) is 35.9 Å². The van der Waals surface area contributed by atoms with Gasteiger partial charge in [0.2, 0.25) is 5.91 Å². The van der Waals surface area contributed by atoms with E-state index in [4.69, 9.17) is 5.11 Å². The molecule has 0 fully saturated rings. The van der Waals surface area contributed by atoms with Gasteiger partial charge in [-0.2, -0.15) is 11.8 Å². The molecule has 0 aliphatic carbocycles. The summed E-state index contributed by atoms with van der Waals surface area (Å²) in [6, 6.07) is 6.92. The third-order valence-corrected chi connectivity index (χ3v) is 4.10. The van der Waals surface area contributed by atoms with Gasteiger partial charge in [-0.05, 0) is 37.0 Å². The van der Waals surface area contributed by atoms with E-state index in [0.29, 0.717) is 30.6 Å². The molecular weight excluding hydrogens is 328 g/mol. The average molecular weight is 352 g/mol. The predicted octanol–water partition coefficient (Wildman–Crippen LogP) is 1.91. The van der Waals surface area contributed by atoms with E-state index in [2.05, 4.69) is 10.6 Å². The lowest BCUT2D eigenvalue weighted by molar-refractivity contribution is -0.142. The second-order valence-electron chi connectivity index (χ2n) is 5.36. The number of carboxylic acid groups (broad SMARTS) is 1. The van der Waals surface area contributed by atoms with Crippen LogP contribution in [0.5, 0.6) is 0 Å². The second kappa shape index (κ2) is 10.7. The van der Waals surface area contributed by atoms with Crippen molar-refractivity contribution in [3.8, 4) is 0 Å². The summed E-state index contributed by atoms with van der Waals surface area (Å²) in [6.07, 6.45) is 3.33. The highest BCUT2D eigenvalue weighted by Gasteiger charge is 2.26. The van der Waals surface area contributed by atoms with Crippen LogP contribution in [0.1, 0.15) is 36.5 Å². The zero-order chi connectivity index (χ0) is 17.9. The fraction of sp³-hybridized carbons (Fsp3) is 0.471. The Morgan fingerprint density at radius 1 is 1.08 bits per heavy atom. The molecule has 1 aromatic rings. The molecule has 0 spiro atoms. The molecule has 0 radical (unpaired) electrons. The minimum absolute atomic E-state index is 0.348. The third-order valence-electron chi connectivity index (χ3n) is 3.46. The Labute approximate surface area is 146 Å². The van der Waals surface area contributed by atoms with Gasteiger partial charge in [-0.3, -0.25) is 9.59 Å². The van der Waals surface area contributed by atoms with Crippen molar-refractivity contribution in [2.75, 3.05) is 12.0 Å². The maximum absolute atomic E-state index is 12.4. The van der Waals surface area contributed by atoms with E-state index in [1.807, 2.05) is 13.2 Å². The summed E-state index contributed by atoms with van der Waals surface area (Å²) in [5.41, 5.74) is 0.461. The normalized spacial score (nSPS) is 12.9. The van der Waals surface area contributed by atoms with Crippen molar-refractivity contribution in [2.45, 2.75) is 38.3 Å². The van der Waals surface area contributed by atoms with Gasteiger partial charge in [-0.1, -0.05) is 31.5 Å². The van der Waals surface area contributed by atoms with Crippen LogP contribution in [0.3, 0.4) is 0 Å². The Bertz CT molecular complexity index is 551. The lowest BCUT2D eigenvalue weighted by Gasteiger charge is -2.21. The smallest absolute Gasteiger partial charge is 0.326 e. The van der Waals surface area contributed by atoms with Gasteiger partial charge in [0.05, 0.1) is 0 Å². The van der Waals surface area contributed by atoms with Crippen molar-refractivity contribution in [1.29, 1.82) is 0 Å². The zero-order valence-corrected chi connectivity index (χ0v) is 14.8. The van der Waals surface area contributed by atoms with Crippen LogP contribution < -0.4 is 10.6 Å². The molecular formula is C17H24N2O4S. The molecule has 7 heteroatoms. The van der Waals surface area contributed by atoms with Crippen LogP contribution in [0.2, 0.25) is 0 Å². The number of hydrogen-bond donors (Lipinski definition) is 3. The summed E-state index contributed by atoms with van der Waals surface area (Å²) < 4.78 is 0. The summed E-state index contributed by atoms with van der Waals surface area (Å²) in [5.74, 6) is -1.20. The standard InChI is InChI=1S/C17H24N2O4S/c1-3-7-14(17(22)23)19-16(21)13(10-11-24-2)18-15(20)12-8-5-4-6-9-12/h4-6,8-9,13-14H,3,7,10-11H2,1-2H3,(H,18,20)(H,19,21)(H,22,23). The molecule has 24 heavy (non-hydrogen) atoms. The minimum Gasteiger partial charge on any atom is -0.480 e. The Balaban J connectivity index is 2.77. The molecule has 0 bridgehead atoms. The van der Waals surface area contributed by atoms with Crippen molar-refractivity contribution >= 4 is 29.5 Å². The Morgan fingerprint density at radius 3 is 2.29 bits per heavy atom. The van der Waals surface area contributed by atoms with Crippen LogP contribution in [0.25, 0.3) is 0 Å². The summed E-state index contributed by atoms with van der Waals surface area (Å²) in [4.78, 5) is 35.9. The number of carboxylic acids is 1. The quantitative estimate of drug-likeness (QED) is 0.598. The average Bonchev–Trinajstić information content (AvgIpc) is 2.58. The lowest BCUT2D eigenvalue weighted by Crippen LogP contribution is -2.51. The molecule has 0 saturated heterocycles. The van der Waals surface area contributed by atoms with Gasteiger partial charge in [0.15, 0.2) is 0 Å². The van der Waals surface area contributed by atoms with Crippen LogP contribution >= 0.6 is 11.8 Å². The summed E-state index contributed by atoms with van der Waals surface area (Å²) in [5, 5.41) is 14.4. The van der Waals surface area contributed by atoms with Crippen LogP contribution in [0, 0.1) is 0 Å². The Hall–Kier alpha value is -2.02. The number of amides is 2. The maximum atomic E-state index is 12.4. The second-order valence-corrected chi connectivity index (χ2v) is 6.35. The molecule has 0 saturated carbocycles. The van der Waals surface area contributed by atoms with Gasteiger partial charge >= 0.3 is 5.97 Å². The topological polar surface area (TPSA) is 95.5 Å². The van der Waals surface area contributed by atoms with E-state index in [1.165, 1.54) is 0 Å². The first kappa shape index (κ1) is 20.0. The highest BCUT2D eigenvalue weighted by molar-refractivity contribution is 7.98. The molecule has 0 aromatic heterocycles. The molecule has 132 valence electrons. The molecule has 2 atom stereocenters. The number of carbonyl (C=O) groups is 3. The Kier molecular flexibility index (Phi) is 8.93. The van der Waals surface area contributed by atoms with Gasteiger partial charge < -0.3 is 15.7 Å². The van der Waals surface area contributed by atoms with Crippen LogP contribution in [-0.4, -0.2) is 47.0 Å². The van der Waals surface area contributed by atoms with Gasteiger partial charge in [0, 0.05) is 5.56 Å². The number of aliphatic carboxylic acids is 1. The van der Waals surface area contributed by atoms with E-state index in [0.717, 1.165) is 0 Å². The van der Waals surface area contributed by atoms with Gasteiger partial charge in [0.1, 0.15) is 12.1 Å². The SMILES string of the molecule is CCCC(NC(=O)C(CCSC)NC(=O)c1ccccc1)C(=O)O. The first-order chi connectivity index (χ1) is 11.5. The highest BCUT2D eigenvalue weighted by atomic mass is 32.2. The predicted molar refractivity (Wildman–Crippen MR) is 95.2 cm³/mol. The molecule has 3 N–H and O–H groups in total. The monoisotopic (exact) mass is 352 g/mol. The summed E-state index contributed by atoms with van der Waals surface area (Å²) >= 11 is 1.56. The highest BCUT2D eigenvalue weighted by Crippen LogP contribution is 2.06. The van der Waals surface area contributed by atoms with Crippen molar-refractivity contribution < 1.29 is 19.5 Å². The maximum Gasteiger partial charge on any atom is 0.326 e. The molecule has 2 amide bonds. The number of rotatable bonds is 10. The first-order valence-corrected chi connectivity index (χ1v) is 9.27. The number of thioether (sulfide) groups is 1. The van der Waals surface area contributed by atoms with E-state index < -0.39 is 24.0 Å². The van der Waals surface area contributed by atoms with E-state index in [-0.39, 0.29) is 5.91 Å². The zero-order valence-electron chi connectivity index (χ0n) is 14.0. The molecule has 0 heterocycles. The molecule has 2 unspecified atom stereocenters. The number of benzene rings is 1. The molecule has 0 aliphatic heterocycles. The summed E-state index contributed by atoms with van der Waals surface area (Å²) in [7, 11) is 0. The number of nitrogens with one attached hydrogen (secondary N) is 2. The fourth-order valence-electron chi connectivity index (χ4n) is 2.15. The number of carbonyl (C=O) groups excluding carboxylic acids is 2. The van der Waals surface area contributed by atoms with Gasteiger partial charge in [-0.25, -0.2) is 4.79 Å². The minimum atomic E-state index is -1.07. The van der Waals surface area contributed by atoms with E-state index in [9.17, 15) is 14.4 Å². The van der Waals surface area contributed by atoms with Crippen molar-refractivity contribution in [2.24, 2.45) is 0 Å². The molecule has 1 rings (SSSR count). The van der Waals surface area contributed by atoms with Gasteiger partial charge in [0.25, 0.3) is 5.91 Å². The molecule has 0 aliphatic rings. The van der Waals surface area contributed by atoms with Crippen LogP contribution in [-0.2, 0) is 9.59 Å². The van der Waals surface area contributed by atoms with Crippen molar-refractivity contribution in [1.82, 2.24) is 10.6 Å². The fourth-order valence-corrected chi connectivity index (χ4v) is 2.63. The summed E-state index contributed by atoms with van der Waals surface area (Å²) in [6.45, 7) is 1.85. The third kappa shape index (κ3) is 6.62. The number of hydrogen-bond acceptors (Lipinski definition) is 4. The Morgan fingerprint density at radius 2 is 1.75 bits per heavy atom. The van der Waals surface area contributed by atoms with E-state index >= 15 is 0 Å². The largest absolute Gasteiger partial charge is 0.480 e. The lowest BCUT2D eigenvalue weighted by atomic mass is 10.1.